The van der Waals surface area contributed by atoms with E-state index in [0.717, 1.165) is 34.8 Å². The van der Waals surface area contributed by atoms with Crippen molar-refractivity contribution in [1.82, 2.24) is 10.2 Å². The van der Waals surface area contributed by atoms with Gasteiger partial charge in [0.05, 0.1) is 5.69 Å². The molecule has 25 heavy (non-hydrogen) atoms. The summed E-state index contributed by atoms with van der Waals surface area (Å²) in [5.41, 5.74) is 5.30. The van der Waals surface area contributed by atoms with E-state index in [4.69, 9.17) is 4.74 Å². The number of benzene rings is 1. The van der Waals surface area contributed by atoms with Crippen LogP contribution >= 0.6 is 0 Å². The van der Waals surface area contributed by atoms with E-state index in [1.54, 1.807) is 6.07 Å². The third kappa shape index (κ3) is 4.57. The van der Waals surface area contributed by atoms with Gasteiger partial charge in [-0.25, -0.2) is 5.10 Å². The van der Waals surface area contributed by atoms with Gasteiger partial charge in [0.15, 0.2) is 0 Å². The minimum absolute atomic E-state index is 0.184. The molecule has 0 saturated heterocycles. The maximum Gasteiger partial charge on any atom is 0.264 e. The van der Waals surface area contributed by atoms with E-state index in [1.807, 2.05) is 0 Å². The zero-order chi connectivity index (χ0) is 17.8. The number of rotatable bonds is 4. The number of aryl methyl sites for hydroxylation is 2. The molecule has 128 valence electrons. The molecule has 0 radical (unpaired) electrons. The normalized spacial score (nSPS) is 14.3. The molecule has 0 spiro atoms. The maximum absolute atomic E-state index is 11.1. The van der Waals surface area contributed by atoms with Crippen LogP contribution < -0.4 is 10.3 Å². The van der Waals surface area contributed by atoms with Crippen molar-refractivity contribution in [2.45, 2.75) is 33.6 Å². The fourth-order valence-corrected chi connectivity index (χ4v) is 2.85. The van der Waals surface area contributed by atoms with Gasteiger partial charge < -0.3 is 4.74 Å². The van der Waals surface area contributed by atoms with Crippen molar-refractivity contribution in [2.24, 2.45) is 0 Å². The van der Waals surface area contributed by atoms with E-state index in [-0.39, 0.29) is 5.56 Å². The average Bonchev–Trinajstić information content (AvgIpc) is 2.72. The molecular formula is C21H22N2O2. The highest BCUT2D eigenvalue weighted by Gasteiger charge is 2.09. The number of hydrogen-bond acceptors (Lipinski definition) is 3. The first-order chi connectivity index (χ1) is 12.0. The molecule has 1 aliphatic carbocycles. The van der Waals surface area contributed by atoms with Crippen LogP contribution in [0.25, 0.3) is 0 Å². The fourth-order valence-electron chi connectivity index (χ4n) is 2.85. The van der Waals surface area contributed by atoms with Crippen molar-refractivity contribution in [2.75, 3.05) is 0 Å². The van der Waals surface area contributed by atoms with Crippen LogP contribution in [-0.4, -0.2) is 10.2 Å². The molecule has 1 aromatic carbocycles. The van der Waals surface area contributed by atoms with E-state index in [1.165, 1.54) is 17.2 Å². The van der Waals surface area contributed by atoms with Crippen LogP contribution in [0.2, 0.25) is 0 Å². The lowest BCUT2D eigenvalue weighted by Gasteiger charge is -2.12. The molecule has 0 amide bonds. The van der Waals surface area contributed by atoms with Crippen LogP contribution in [0.3, 0.4) is 0 Å². The summed E-state index contributed by atoms with van der Waals surface area (Å²) in [6.07, 6.45) is 7.71. The molecule has 1 aromatic heterocycles. The van der Waals surface area contributed by atoms with Crippen LogP contribution in [0.4, 0.5) is 0 Å². The van der Waals surface area contributed by atoms with E-state index in [0.29, 0.717) is 6.42 Å². The zero-order valence-corrected chi connectivity index (χ0v) is 14.8. The molecule has 4 nitrogen and oxygen atoms in total. The van der Waals surface area contributed by atoms with Gasteiger partial charge in [0.2, 0.25) is 0 Å². The molecule has 3 rings (SSSR count). The van der Waals surface area contributed by atoms with Gasteiger partial charge in [-0.05, 0) is 61.2 Å². The highest BCUT2D eigenvalue weighted by molar-refractivity contribution is 5.39. The van der Waals surface area contributed by atoms with Crippen molar-refractivity contribution < 1.29 is 4.74 Å². The van der Waals surface area contributed by atoms with Crippen molar-refractivity contribution in [3.8, 4) is 5.75 Å². The third-order valence-electron chi connectivity index (χ3n) is 4.10. The molecular weight excluding hydrogens is 312 g/mol. The minimum atomic E-state index is -0.184. The number of nitrogens with one attached hydrogen (secondary N) is 1. The summed E-state index contributed by atoms with van der Waals surface area (Å²) in [5, 5.41) is 6.54. The second-order valence-corrected chi connectivity index (χ2v) is 6.44. The van der Waals surface area contributed by atoms with Crippen LogP contribution in [-0.2, 0) is 6.42 Å². The van der Waals surface area contributed by atoms with Gasteiger partial charge in [0.25, 0.3) is 5.56 Å². The quantitative estimate of drug-likeness (QED) is 0.913. The molecule has 0 saturated carbocycles. The summed E-state index contributed by atoms with van der Waals surface area (Å²) < 4.78 is 6.14. The Kier molecular flexibility index (Phi) is 4.98. The predicted octanol–water partition coefficient (Wildman–Crippen LogP) is 4.17. The van der Waals surface area contributed by atoms with Crippen LogP contribution in [0.15, 0.2) is 70.3 Å². The molecule has 0 fully saturated rings. The molecule has 4 heteroatoms. The van der Waals surface area contributed by atoms with E-state index >= 15 is 0 Å². The number of ether oxygens (including phenoxy) is 1. The van der Waals surface area contributed by atoms with Crippen molar-refractivity contribution in [3.63, 3.8) is 0 Å². The number of H-pyrrole nitrogens is 1. The van der Waals surface area contributed by atoms with Gasteiger partial charge in [-0.3, -0.25) is 4.79 Å². The van der Waals surface area contributed by atoms with E-state index in [9.17, 15) is 4.79 Å². The molecule has 0 unspecified atom stereocenters. The summed E-state index contributed by atoms with van der Waals surface area (Å²) in [4.78, 5) is 11.1. The second kappa shape index (κ2) is 7.34. The Bertz CT molecular complexity index is 892. The number of nitrogens with zero attached hydrogens (tertiary/aromatic N) is 1. The average molecular weight is 334 g/mol. The Hall–Kier alpha value is -2.88. The van der Waals surface area contributed by atoms with Gasteiger partial charge in [-0.2, -0.15) is 5.10 Å². The van der Waals surface area contributed by atoms with Gasteiger partial charge in [0.1, 0.15) is 11.5 Å². The van der Waals surface area contributed by atoms with Gasteiger partial charge in [0, 0.05) is 18.9 Å². The molecule has 0 bridgehead atoms. The van der Waals surface area contributed by atoms with Crippen molar-refractivity contribution >= 4 is 0 Å². The Morgan fingerprint density at radius 1 is 1.08 bits per heavy atom. The van der Waals surface area contributed by atoms with Crippen molar-refractivity contribution in [3.05, 3.63) is 92.6 Å². The first-order valence-electron chi connectivity index (χ1n) is 8.37. The van der Waals surface area contributed by atoms with E-state index < -0.39 is 0 Å². The standard InChI is InChI=1S/C21H22N2O2/c1-14-10-15(2)12-19(11-14)25-20-8-6-17(5-4-16(20)3)13-18-7-9-21(24)23-22-18/h4-7,9-12H,8,13H2,1-3H3,(H,23,24). The highest BCUT2D eigenvalue weighted by atomic mass is 16.5. The van der Waals surface area contributed by atoms with Gasteiger partial charge in [-0.1, -0.05) is 24.3 Å². The molecule has 1 aliphatic rings. The molecule has 1 heterocycles. The largest absolute Gasteiger partial charge is 0.461 e. The molecule has 0 aliphatic heterocycles. The molecule has 1 N–H and O–H groups in total. The molecule has 2 aromatic rings. The summed E-state index contributed by atoms with van der Waals surface area (Å²) in [5.74, 6) is 1.82. The number of aromatic amines is 1. The smallest absolute Gasteiger partial charge is 0.264 e. The maximum atomic E-state index is 11.1. The molecule has 0 atom stereocenters. The number of aromatic nitrogens is 2. The zero-order valence-electron chi connectivity index (χ0n) is 14.8. The highest BCUT2D eigenvalue weighted by Crippen LogP contribution is 2.25. The lowest BCUT2D eigenvalue weighted by Crippen LogP contribution is -2.07. The Balaban J connectivity index is 1.75. The first kappa shape index (κ1) is 17.0. The monoisotopic (exact) mass is 334 g/mol. The SMILES string of the molecule is CC1=C(Oc2cc(C)cc(C)c2)CC=C(Cc2ccc(=O)[nH]n2)C=C1. The Labute approximate surface area is 147 Å². The summed E-state index contributed by atoms with van der Waals surface area (Å²) in [6, 6.07) is 9.50. The second-order valence-electron chi connectivity index (χ2n) is 6.44. The van der Waals surface area contributed by atoms with E-state index in [2.05, 4.69) is 67.4 Å². The topological polar surface area (TPSA) is 55.0 Å². The van der Waals surface area contributed by atoms with Crippen LogP contribution in [0.1, 0.15) is 30.2 Å². The first-order valence-corrected chi connectivity index (χ1v) is 8.37. The van der Waals surface area contributed by atoms with Gasteiger partial charge in [-0.15, -0.1) is 0 Å². The Morgan fingerprint density at radius 2 is 1.84 bits per heavy atom. The van der Waals surface area contributed by atoms with Crippen molar-refractivity contribution in [1.29, 1.82) is 0 Å². The number of allylic oxidation sites excluding steroid dienone is 5. The predicted molar refractivity (Wildman–Crippen MR) is 99.6 cm³/mol. The van der Waals surface area contributed by atoms with Crippen LogP contribution in [0, 0.1) is 13.8 Å². The van der Waals surface area contributed by atoms with Crippen LogP contribution in [0.5, 0.6) is 5.75 Å². The third-order valence-corrected chi connectivity index (χ3v) is 4.10. The summed E-state index contributed by atoms with van der Waals surface area (Å²) >= 11 is 0. The lowest BCUT2D eigenvalue weighted by atomic mass is 10.1. The number of hydrogen-bond donors (Lipinski definition) is 1. The van der Waals surface area contributed by atoms with Gasteiger partial charge >= 0.3 is 0 Å². The lowest BCUT2D eigenvalue weighted by molar-refractivity contribution is 0.410. The summed E-state index contributed by atoms with van der Waals surface area (Å²) in [7, 11) is 0. The summed E-state index contributed by atoms with van der Waals surface area (Å²) in [6.45, 7) is 6.20. The Morgan fingerprint density at radius 3 is 2.52 bits per heavy atom. The minimum Gasteiger partial charge on any atom is -0.461 e. The fraction of sp³-hybridized carbons (Fsp3) is 0.238.